The first-order valence-electron chi connectivity index (χ1n) is 5.20. The Hall–Kier alpha value is -0.570. The van der Waals surface area contributed by atoms with E-state index < -0.39 is 5.54 Å². The average Bonchev–Trinajstić information content (AvgIpc) is 2.84. The van der Waals surface area contributed by atoms with Crippen LogP contribution in [0.15, 0.2) is 0 Å². The van der Waals surface area contributed by atoms with Crippen LogP contribution >= 0.6 is 0 Å². The topological polar surface area (TPSA) is 46.3 Å². The molecule has 1 heterocycles. The molecule has 1 saturated carbocycles. The molecule has 2 rings (SSSR count). The molecule has 74 valence electrons. The standard InChI is InChI=1S/C10H18N2O/c1-8-3-2-6-12(7-8)9(13)10(11)4-5-10/h8H,2-7,11H2,1H3/t8-/m0/s1. The van der Waals surface area contributed by atoms with E-state index in [0.29, 0.717) is 5.92 Å². The van der Waals surface area contributed by atoms with Crippen LogP contribution < -0.4 is 5.73 Å². The van der Waals surface area contributed by atoms with Crippen molar-refractivity contribution in [1.29, 1.82) is 0 Å². The van der Waals surface area contributed by atoms with Crippen LogP contribution in [0.2, 0.25) is 0 Å². The predicted molar refractivity (Wildman–Crippen MR) is 51.1 cm³/mol. The van der Waals surface area contributed by atoms with Crippen molar-refractivity contribution in [3.05, 3.63) is 0 Å². The van der Waals surface area contributed by atoms with Crippen molar-refractivity contribution in [3.8, 4) is 0 Å². The fraction of sp³-hybridized carbons (Fsp3) is 0.900. The van der Waals surface area contributed by atoms with Crippen molar-refractivity contribution < 1.29 is 4.79 Å². The lowest BCUT2D eigenvalue weighted by Crippen LogP contribution is -2.49. The highest BCUT2D eigenvalue weighted by Gasteiger charge is 2.48. The van der Waals surface area contributed by atoms with Crippen LogP contribution in [-0.4, -0.2) is 29.4 Å². The van der Waals surface area contributed by atoms with Crippen LogP contribution in [0.25, 0.3) is 0 Å². The van der Waals surface area contributed by atoms with Crippen molar-refractivity contribution in [2.45, 2.75) is 38.1 Å². The second kappa shape index (κ2) is 2.98. The third kappa shape index (κ3) is 1.70. The maximum atomic E-state index is 11.8. The number of piperidine rings is 1. The monoisotopic (exact) mass is 182 g/mol. The van der Waals surface area contributed by atoms with Gasteiger partial charge in [-0.1, -0.05) is 6.92 Å². The van der Waals surface area contributed by atoms with Gasteiger partial charge in [0.2, 0.25) is 5.91 Å². The molecule has 1 aliphatic carbocycles. The summed E-state index contributed by atoms with van der Waals surface area (Å²) >= 11 is 0. The number of likely N-dealkylation sites (tertiary alicyclic amines) is 1. The van der Waals surface area contributed by atoms with Crippen molar-refractivity contribution >= 4 is 5.91 Å². The van der Waals surface area contributed by atoms with Crippen molar-refractivity contribution in [1.82, 2.24) is 4.90 Å². The van der Waals surface area contributed by atoms with Gasteiger partial charge in [-0.15, -0.1) is 0 Å². The van der Waals surface area contributed by atoms with Gasteiger partial charge in [0, 0.05) is 13.1 Å². The predicted octanol–water partition coefficient (Wildman–Crippen LogP) is 0.736. The number of carbonyl (C=O) groups excluding carboxylic acids is 1. The summed E-state index contributed by atoms with van der Waals surface area (Å²) in [6, 6.07) is 0. The van der Waals surface area contributed by atoms with E-state index >= 15 is 0 Å². The van der Waals surface area contributed by atoms with E-state index in [0.717, 1.165) is 32.4 Å². The second-order valence-corrected chi connectivity index (χ2v) is 4.65. The minimum Gasteiger partial charge on any atom is -0.341 e. The lowest BCUT2D eigenvalue weighted by atomic mass is 9.99. The summed E-state index contributed by atoms with van der Waals surface area (Å²) in [6.45, 7) is 4.04. The van der Waals surface area contributed by atoms with Crippen LogP contribution in [-0.2, 0) is 4.79 Å². The van der Waals surface area contributed by atoms with Gasteiger partial charge >= 0.3 is 0 Å². The summed E-state index contributed by atoms with van der Waals surface area (Å²) in [5, 5.41) is 0. The molecule has 0 aromatic carbocycles. The van der Waals surface area contributed by atoms with Crippen molar-refractivity contribution in [3.63, 3.8) is 0 Å². The maximum Gasteiger partial charge on any atom is 0.242 e. The fourth-order valence-corrected chi connectivity index (χ4v) is 2.04. The molecule has 13 heavy (non-hydrogen) atoms. The van der Waals surface area contributed by atoms with Gasteiger partial charge in [-0.25, -0.2) is 0 Å². The summed E-state index contributed by atoms with van der Waals surface area (Å²) in [7, 11) is 0. The zero-order valence-electron chi connectivity index (χ0n) is 8.25. The normalized spacial score (nSPS) is 31.5. The molecule has 3 nitrogen and oxygen atoms in total. The molecular weight excluding hydrogens is 164 g/mol. The smallest absolute Gasteiger partial charge is 0.242 e. The highest BCUT2D eigenvalue weighted by atomic mass is 16.2. The van der Waals surface area contributed by atoms with Gasteiger partial charge in [0.1, 0.15) is 0 Å². The Balaban J connectivity index is 1.96. The lowest BCUT2D eigenvalue weighted by Gasteiger charge is -2.32. The van der Waals surface area contributed by atoms with E-state index in [9.17, 15) is 4.79 Å². The van der Waals surface area contributed by atoms with Crippen LogP contribution in [0.1, 0.15) is 32.6 Å². The zero-order valence-corrected chi connectivity index (χ0v) is 8.25. The minimum absolute atomic E-state index is 0.194. The van der Waals surface area contributed by atoms with Gasteiger partial charge in [0.25, 0.3) is 0 Å². The zero-order chi connectivity index (χ0) is 9.47. The summed E-state index contributed by atoms with van der Waals surface area (Å²) in [4.78, 5) is 13.8. The maximum absolute atomic E-state index is 11.8. The molecule has 1 aliphatic heterocycles. The summed E-state index contributed by atoms with van der Waals surface area (Å²) in [5.74, 6) is 0.846. The number of rotatable bonds is 1. The van der Waals surface area contributed by atoms with Gasteiger partial charge in [0.05, 0.1) is 5.54 Å². The average molecular weight is 182 g/mol. The van der Waals surface area contributed by atoms with Crippen LogP contribution in [0.4, 0.5) is 0 Å². The van der Waals surface area contributed by atoms with E-state index in [4.69, 9.17) is 5.73 Å². The van der Waals surface area contributed by atoms with E-state index in [1.54, 1.807) is 0 Å². The number of carbonyl (C=O) groups is 1. The Kier molecular flexibility index (Phi) is 2.06. The van der Waals surface area contributed by atoms with E-state index in [1.165, 1.54) is 6.42 Å². The van der Waals surface area contributed by atoms with Crippen LogP contribution in [0.5, 0.6) is 0 Å². The fourth-order valence-electron chi connectivity index (χ4n) is 2.04. The Morgan fingerprint density at radius 3 is 2.77 bits per heavy atom. The van der Waals surface area contributed by atoms with Crippen LogP contribution in [0, 0.1) is 5.92 Å². The SMILES string of the molecule is C[C@H]1CCCN(C(=O)C2(N)CC2)C1. The van der Waals surface area contributed by atoms with Gasteiger partial charge in [-0.2, -0.15) is 0 Å². The molecule has 0 bridgehead atoms. The number of hydrogen-bond acceptors (Lipinski definition) is 2. The molecule has 0 unspecified atom stereocenters. The highest BCUT2D eigenvalue weighted by Crippen LogP contribution is 2.35. The lowest BCUT2D eigenvalue weighted by molar-refractivity contribution is -0.135. The first-order valence-corrected chi connectivity index (χ1v) is 5.20. The Morgan fingerprint density at radius 2 is 2.23 bits per heavy atom. The van der Waals surface area contributed by atoms with Crippen LogP contribution in [0.3, 0.4) is 0 Å². The molecule has 2 fully saturated rings. The quantitative estimate of drug-likeness (QED) is 0.650. The first kappa shape index (κ1) is 9.00. The molecule has 0 spiro atoms. The number of nitrogens with two attached hydrogens (primary N) is 1. The summed E-state index contributed by atoms with van der Waals surface area (Å²) in [5.41, 5.74) is 5.41. The Labute approximate surface area is 79.3 Å². The molecule has 2 N–H and O–H groups in total. The van der Waals surface area contributed by atoms with Crippen molar-refractivity contribution in [2.75, 3.05) is 13.1 Å². The van der Waals surface area contributed by atoms with E-state index in [2.05, 4.69) is 6.92 Å². The first-order chi connectivity index (χ1) is 6.12. The second-order valence-electron chi connectivity index (χ2n) is 4.65. The molecule has 1 atom stereocenters. The molecule has 2 aliphatic rings. The molecule has 0 aromatic rings. The highest BCUT2D eigenvalue weighted by molar-refractivity contribution is 5.89. The summed E-state index contributed by atoms with van der Waals surface area (Å²) < 4.78 is 0. The Morgan fingerprint density at radius 1 is 1.54 bits per heavy atom. The molecule has 3 heteroatoms. The van der Waals surface area contributed by atoms with Gasteiger partial charge in [-0.05, 0) is 31.6 Å². The molecule has 1 saturated heterocycles. The number of nitrogens with zero attached hydrogens (tertiary/aromatic N) is 1. The molecule has 0 radical (unpaired) electrons. The molecule has 0 aromatic heterocycles. The summed E-state index contributed by atoms with van der Waals surface area (Å²) in [6.07, 6.45) is 4.16. The third-order valence-corrected chi connectivity index (χ3v) is 3.16. The molecule has 1 amide bonds. The van der Waals surface area contributed by atoms with E-state index in [1.807, 2.05) is 4.90 Å². The molecular formula is C10H18N2O. The minimum atomic E-state index is -0.461. The third-order valence-electron chi connectivity index (χ3n) is 3.16. The van der Waals surface area contributed by atoms with E-state index in [-0.39, 0.29) is 5.91 Å². The number of hydrogen-bond donors (Lipinski definition) is 1. The largest absolute Gasteiger partial charge is 0.341 e. The van der Waals surface area contributed by atoms with Gasteiger partial charge < -0.3 is 10.6 Å². The van der Waals surface area contributed by atoms with Gasteiger partial charge in [-0.3, -0.25) is 4.79 Å². The van der Waals surface area contributed by atoms with Gasteiger partial charge in [0.15, 0.2) is 0 Å². The van der Waals surface area contributed by atoms with Crippen molar-refractivity contribution in [2.24, 2.45) is 11.7 Å². The Bertz CT molecular complexity index is 223. The number of amides is 1.